The van der Waals surface area contributed by atoms with Crippen LogP contribution in [0, 0.1) is 6.92 Å². The minimum absolute atomic E-state index is 0.159. The number of aryl methyl sites for hydroxylation is 1. The highest BCUT2D eigenvalue weighted by atomic mass is 16.5. The first kappa shape index (κ1) is 20.5. The van der Waals surface area contributed by atoms with Gasteiger partial charge in [0.05, 0.1) is 29.4 Å². The van der Waals surface area contributed by atoms with Gasteiger partial charge in [0.1, 0.15) is 11.6 Å². The van der Waals surface area contributed by atoms with Crippen molar-refractivity contribution in [3.05, 3.63) is 107 Å². The zero-order valence-corrected chi connectivity index (χ0v) is 18.2. The van der Waals surface area contributed by atoms with Gasteiger partial charge in [0.15, 0.2) is 0 Å². The van der Waals surface area contributed by atoms with E-state index in [-0.39, 0.29) is 11.5 Å². The van der Waals surface area contributed by atoms with Crippen molar-refractivity contribution in [2.45, 2.75) is 6.92 Å². The predicted octanol–water partition coefficient (Wildman–Crippen LogP) is 5.11. The molecule has 0 unspecified atom stereocenters. The van der Waals surface area contributed by atoms with Crippen LogP contribution < -0.4 is 15.6 Å². The van der Waals surface area contributed by atoms with Crippen molar-refractivity contribution in [1.29, 1.82) is 0 Å². The maximum absolute atomic E-state index is 13.1. The summed E-state index contributed by atoms with van der Waals surface area (Å²) in [5, 5.41) is 5.51. The third kappa shape index (κ3) is 3.72. The molecule has 1 amide bonds. The lowest BCUT2D eigenvalue weighted by molar-refractivity contribution is 0.102. The van der Waals surface area contributed by atoms with E-state index in [0.29, 0.717) is 39.4 Å². The van der Waals surface area contributed by atoms with Crippen LogP contribution >= 0.6 is 0 Å². The molecule has 0 radical (unpaired) electrons. The number of benzene rings is 4. The smallest absolute Gasteiger partial charge is 0.265 e. The Hall–Kier alpha value is -4.45. The number of methoxy groups -OCH3 is 1. The Morgan fingerprint density at radius 2 is 1.67 bits per heavy atom. The summed E-state index contributed by atoms with van der Waals surface area (Å²) in [6, 6.07) is 25.9. The van der Waals surface area contributed by atoms with Gasteiger partial charge in [0, 0.05) is 11.6 Å². The SMILES string of the molecule is COc1cc(-n2c(C)nc3ccccc3c2=O)ccc1NC(=O)c1ccc2ccccc2c1. The van der Waals surface area contributed by atoms with Gasteiger partial charge < -0.3 is 10.1 Å². The quantitative estimate of drug-likeness (QED) is 0.426. The van der Waals surface area contributed by atoms with Gasteiger partial charge in [0.2, 0.25) is 0 Å². The molecular weight excluding hydrogens is 414 g/mol. The van der Waals surface area contributed by atoms with Crippen molar-refractivity contribution < 1.29 is 9.53 Å². The Morgan fingerprint density at radius 3 is 2.48 bits per heavy atom. The molecule has 1 heterocycles. The van der Waals surface area contributed by atoms with Crippen molar-refractivity contribution in [2.24, 2.45) is 0 Å². The fraction of sp³-hybridized carbons (Fsp3) is 0.0741. The summed E-state index contributed by atoms with van der Waals surface area (Å²) in [4.78, 5) is 30.6. The highest BCUT2D eigenvalue weighted by molar-refractivity contribution is 6.07. The molecule has 0 aliphatic rings. The normalized spacial score (nSPS) is 11.0. The highest BCUT2D eigenvalue weighted by Crippen LogP contribution is 2.28. The van der Waals surface area contributed by atoms with Gasteiger partial charge in [0.25, 0.3) is 11.5 Å². The number of carbonyl (C=O) groups excluding carboxylic acids is 1. The summed E-state index contributed by atoms with van der Waals surface area (Å²) in [6.07, 6.45) is 0. The number of rotatable bonds is 4. The maximum Gasteiger partial charge on any atom is 0.265 e. The van der Waals surface area contributed by atoms with E-state index >= 15 is 0 Å². The summed E-state index contributed by atoms with van der Waals surface area (Å²) in [5.74, 6) is 0.766. The average molecular weight is 435 g/mol. The second-order valence-corrected chi connectivity index (χ2v) is 7.72. The number of nitrogens with one attached hydrogen (secondary N) is 1. The molecule has 0 bridgehead atoms. The Balaban J connectivity index is 1.50. The zero-order chi connectivity index (χ0) is 22.9. The number of hydrogen-bond acceptors (Lipinski definition) is 4. The summed E-state index contributed by atoms with van der Waals surface area (Å²) < 4.78 is 7.07. The number of ether oxygens (including phenoxy) is 1. The third-order valence-electron chi connectivity index (χ3n) is 5.65. The zero-order valence-electron chi connectivity index (χ0n) is 18.2. The van der Waals surface area contributed by atoms with Crippen LogP contribution in [0.3, 0.4) is 0 Å². The number of aromatic nitrogens is 2. The highest BCUT2D eigenvalue weighted by Gasteiger charge is 2.14. The van der Waals surface area contributed by atoms with Crippen LogP contribution in [-0.4, -0.2) is 22.6 Å². The number of anilines is 1. The monoisotopic (exact) mass is 435 g/mol. The Kier molecular flexibility index (Phi) is 5.11. The minimum atomic E-state index is -0.243. The molecule has 0 atom stereocenters. The molecule has 5 aromatic rings. The number of para-hydroxylation sites is 1. The molecule has 0 spiro atoms. The molecule has 0 saturated carbocycles. The Morgan fingerprint density at radius 1 is 0.909 bits per heavy atom. The third-order valence-corrected chi connectivity index (χ3v) is 5.65. The Labute approximate surface area is 190 Å². The van der Waals surface area contributed by atoms with E-state index in [2.05, 4.69) is 10.3 Å². The largest absolute Gasteiger partial charge is 0.494 e. The molecule has 0 aliphatic carbocycles. The fourth-order valence-electron chi connectivity index (χ4n) is 4.00. The van der Waals surface area contributed by atoms with Gasteiger partial charge in [-0.1, -0.05) is 42.5 Å². The lowest BCUT2D eigenvalue weighted by Crippen LogP contribution is -2.22. The van der Waals surface area contributed by atoms with E-state index in [1.807, 2.05) is 54.6 Å². The summed E-state index contributed by atoms with van der Waals surface area (Å²) >= 11 is 0. The number of hydrogen-bond donors (Lipinski definition) is 1. The van der Waals surface area contributed by atoms with Crippen molar-refractivity contribution >= 4 is 33.3 Å². The summed E-state index contributed by atoms with van der Waals surface area (Å²) in [5.41, 5.74) is 2.16. The second kappa shape index (κ2) is 8.24. The standard InChI is InChI=1S/C27H21N3O3/c1-17-28-23-10-6-5-9-22(23)27(32)30(17)21-13-14-24(25(16-21)33-2)29-26(31)20-12-11-18-7-3-4-8-19(18)15-20/h3-16H,1-2H3,(H,29,31). The average Bonchev–Trinajstić information content (AvgIpc) is 2.84. The van der Waals surface area contributed by atoms with Crippen LogP contribution in [0.1, 0.15) is 16.2 Å². The van der Waals surface area contributed by atoms with E-state index in [4.69, 9.17) is 4.74 Å². The van der Waals surface area contributed by atoms with Gasteiger partial charge in [-0.25, -0.2) is 4.98 Å². The van der Waals surface area contributed by atoms with Gasteiger partial charge >= 0.3 is 0 Å². The van der Waals surface area contributed by atoms with Crippen LogP contribution in [0.25, 0.3) is 27.4 Å². The lowest BCUT2D eigenvalue weighted by atomic mass is 10.1. The van der Waals surface area contributed by atoms with Crippen molar-refractivity contribution in [3.8, 4) is 11.4 Å². The van der Waals surface area contributed by atoms with Crippen LogP contribution in [0.4, 0.5) is 5.69 Å². The molecule has 5 rings (SSSR count). The molecule has 4 aromatic carbocycles. The number of nitrogens with zero attached hydrogens (tertiary/aromatic N) is 2. The first-order valence-corrected chi connectivity index (χ1v) is 10.5. The molecule has 0 aliphatic heterocycles. The van der Waals surface area contributed by atoms with E-state index in [1.54, 1.807) is 41.8 Å². The second-order valence-electron chi connectivity index (χ2n) is 7.72. The van der Waals surface area contributed by atoms with Crippen LogP contribution in [0.2, 0.25) is 0 Å². The molecule has 1 N–H and O–H groups in total. The van der Waals surface area contributed by atoms with Crippen molar-refractivity contribution in [3.63, 3.8) is 0 Å². The summed E-state index contributed by atoms with van der Waals surface area (Å²) in [7, 11) is 1.53. The molecule has 1 aromatic heterocycles. The molecule has 0 fully saturated rings. The number of amides is 1. The topological polar surface area (TPSA) is 73.2 Å². The molecule has 6 heteroatoms. The molecule has 6 nitrogen and oxygen atoms in total. The van der Waals surface area contributed by atoms with Crippen molar-refractivity contribution in [1.82, 2.24) is 9.55 Å². The lowest BCUT2D eigenvalue weighted by Gasteiger charge is -2.15. The Bertz CT molecular complexity index is 1590. The fourth-order valence-corrected chi connectivity index (χ4v) is 4.00. The molecule has 33 heavy (non-hydrogen) atoms. The first-order chi connectivity index (χ1) is 16.0. The summed E-state index contributed by atoms with van der Waals surface area (Å²) in [6.45, 7) is 1.79. The number of carbonyl (C=O) groups is 1. The minimum Gasteiger partial charge on any atom is -0.494 e. The predicted molar refractivity (Wildman–Crippen MR) is 131 cm³/mol. The molecule has 0 saturated heterocycles. The van der Waals surface area contributed by atoms with Crippen molar-refractivity contribution in [2.75, 3.05) is 12.4 Å². The van der Waals surface area contributed by atoms with E-state index in [1.165, 1.54) is 7.11 Å². The van der Waals surface area contributed by atoms with Crippen LogP contribution in [0.15, 0.2) is 89.7 Å². The number of fused-ring (bicyclic) bond motifs is 2. The maximum atomic E-state index is 13.1. The van der Waals surface area contributed by atoms with Crippen LogP contribution in [0.5, 0.6) is 5.75 Å². The van der Waals surface area contributed by atoms with Gasteiger partial charge in [-0.05, 0) is 54.1 Å². The van der Waals surface area contributed by atoms with E-state index < -0.39 is 0 Å². The first-order valence-electron chi connectivity index (χ1n) is 10.5. The molecular formula is C27H21N3O3. The van der Waals surface area contributed by atoms with Gasteiger partial charge in [-0.15, -0.1) is 0 Å². The van der Waals surface area contributed by atoms with E-state index in [9.17, 15) is 9.59 Å². The molecule has 162 valence electrons. The van der Waals surface area contributed by atoms with E-state index in [0.717, 1.165) is 10.8 Å². The van der Waals surface area contributed by atoms with Gasteiger partial charge in [-0.3, -0.25) is 14.2 Å². The van der Waals surface area contributed by atoms with Crippen LogP contribution in [-0.2, 0) is 0 Å². The van der Waals surface area contributed by atoms with Gasteiger partial charge in [-0.2, -0.15) is 0 Å².